The molecule has 30 heavy (non-hydrogen) atoms. The van der Waals surface area contributed by atoms with Crippen LogP contribution in [-0.2, 0) is 6.42 Å². The van der Waals surface area contributed by atoms with Gasteiger partial charge in [0.2, 0.25) is 11.7 Å². The van der Waals surface area contributed by atoms with Crippen LogP contribution in [-0.4, -0.2) is 16.0 Å². The first kappa shape index (κ1) is 17.9. The number of amides is 1. The molecule has 1 N–H and O–H groups in total. The molecule has 0 atom stereocenters. The maximum Gasteiger partial charge on any atom is 0.255 e. The van der Waals surface area contributed by atoms with E-state index in [1.165, 1.54) is 0 Å². The van der Waals surface area contributed by atoms with Crippen LogP contribution in [0.2, 0.25) is 0 Å². The topological polar surface area (TPSA) is 81.2 Å². The monoisotopic (exact) mass is 395 g/mol. The molecule has 1 amide bonds. The average Bonchev–Trinajstić information content (AvgIpc) is 3.47. The van der Waals surface area contributed by atoms with E-state index in [0.717, 1.165) is 16.3 Å². The van der Waals surface area contributed by atoms with E-state index < -0.39 is 0 Å². The summed E-state index contributed by atoms with van der Waals surface area (Å²) in [5, 5.41) is 9.07. The van der Waals surface area contributed by atoms with E-state index in [4.69, 9.17) is 8.94 Å². The molecule has 2 aromatic heterocycles. The number of carbonyl (C=O) groups excluding carboxylic acids is 1. The van der Waals surface area contributed by atoms with Gasteiger partial charge in [0, 0.05) is 11.3 Å². The van der Waals surface area contributed by atoms with Gasteiger partial charge in [-0.05, 0) is 46.7 Å². The van der Waals surface area contributed by atoms with Crippen molar-refractivity contribution >= 4 is 22.4 Å². The first-order chi connectivity index (χ1) is 14.8. The van der Waals surface area contributed by atoms with Crippen molar-refractivity contribution in [2.75, 3.05) is 5.32 Å². The van der Waals surface area contributed by atoms with Gasteiger partial charge >= 0.3 is 0 Å². The zero-order valence-electron chi connectivity index (χ0n) is 15.9. The first-order valence-corrected chi connectivity index (χ1v) is 9.51. The lowest BCUT2D eigenvalue weighted by atomic mass is 10.1. The lowest BCUT2D eigenvalue weighted by molar-refractivity contribution is 0.102. The summed E-state index contributed by atoms with van der Waals surface area (Å²) in [5.74, 6) is 1.21. The van der Waals surface area contributed by atoms with E-state index in [0.29, 0.717) is 35.1 Å². The Hall–Kier alpha value is -4.19. The number of nitrogens with zero attached hydrogens (tertiary/aromatic N) is 2. The molecule has 0 radical (unpaired) electrons. The summed E-state index contributed by atoms with van der Waals surface area (Å²) in [6, 6.07) is 24.7. The van der Waals surface area contributed by atoms with Crippen LogP contribution in [0.3, 0.4) is 0 Å². The summed E-state index contributed by atoms with van der Waals surface area (Å²) in [6.45, 7) is 0. The summed E-state index contributed by atoms with van der Waals surface area (Å²) in [6.07, 6.45) is 1.95. The van der Waals surface area contributed by atoms with Gasteiger partial charge in [0.25, 0.3) is 5.91 Å². The molecule has 0 aliphatic carbocycles. The quantitative estimate of drug-likeness (QED) is 0.435. The Morgan fingerprint density at radius 1 is 0.900 bits per heavy atom. The van der Waals surface area contributed by atoms with Crippen LogP contribution in [0.4, 0.5) is 5.69 Å². The van der Waals surface area contributed by atoms with Gasteiger partial charge in [0.1, 0.15) is 0 Å². The van der Waals surface area contributed by atoms with E-state index >= 15 is 0 Å². The van der Waals surface area contributed by atoms with Crippen LogP contribution in [0.1, 0.15) is 21.8 Å². The third kappa shape index (κ3) is 3.58. The number of hydrogen-bond acceptors (Lipinski definition) is 5. The third-order valence-corrected chi connectivity index (χ3v) is 4.83. The maximum absolute atomic E-state index is 12.8. The van der Waals surface area contributed by atoms with Gasteiger partial charge in [-0.1, -0.05) is 53.7 Å². The van der Waals surface area contributed by atoms with Crippen molar-refractivity contribution in [3.8, 4) is 11.6 Å². The summed E-state index contributed by atoms with van der Waals surface area (Å²) >= 11 is 0. The number of carbonyl (C=O) groups is 1. The second-order valence-electron chi connectivity index (χ2n) is 6.84. The second-order valence-corrected chi connectivity index (χ2v) is 6.84. The molecule has 0 saturated carbocycles. The third-order valence-electron chi connectivity index (χ3n) is 4.83. The van der Waals surface area contributed by atoms with Crippen molar-refractivity contribution in [2.45, 2.75) is 6.42 Å². The number of furan rings is 1. The van der Waals surface area contributed by atoms with Crippen LogP contribution >= 0.6 is 0 Å². The highest BCUT2D eigenvalue weighted by atomic mass is 16.5. The molecule has 3 aromatic carbocycles. The zero-order chi connectivity index (χ0) is 20.3. The Kier molecular flexibility index (Phi) is 4.57. The highest BCUT2D eigenvalue weighted by Crippen LogP contribution is 2.22. The van der Waals surface area contributed by atoms with Crippen LogP contribution < -0.4 is 5.32 Å². The van der Waals surface area contributed by atoms with Gasteiger partial charge in [0.15, 0.2) is 5.76 Å². The SMILES string of the molecule is O=C(Nc1ccccc1Cc1nc(-c2ccco2)no1)c1ccc2ccccc2c1. The molecule has 5 aromatic rings. The number of hydrogen-bond donors (Lipinski definition) is 1. The normalized spacial score (nSPS) is 10.9. The fraction of sp³-hybridized carbons (Fsp3) is 0.0417. The summed E-state index contributed by atoms with van der Waals surface area (Å²) < 4.78 is 10.6. The predicted molar refractivity (Wildman–Crippen MR) is 113 cm³/mol. The van der Waals surface area contributed by atoms with Crippen molar-refractivity contribution < 1.29 is 13.7 Å². The maximum atomic E-state index is 12.8. The molecule has 0 saturated heterocycles. The molecule has 0 aliphatic rings. The highest BCUT2D eigenvalue weighted by molar-refractivity contribution is 6.06. The summed E-state index contributed by atoms with van der Waals surface area (Å²) in [5.41, 5.74) is 2.18. The Morgan fingerprint density at radius 3 is 2.60 bits per heavy atom. The molecule has 0 spiro atoms. The predicted octanol–water partition coefficient (Wildman–Crippen LogP) is 5.33. The highest BCUT2D eigenvalue weighted by Gasteiger charge is 2.14. The minimum atomic E-state index is -0.171. The zero-order valence-corrected chi connectivity index (χ0v) is 15.9. The van der Waals surface area contributed by atoms with Gasteiger partial charge in [-0.25, -0.2) is 0 Å². The largest absolute Gasteiger partial charge is 0.461 e. The van der Waals surface area contributed by atoms with E-state index in [-0.39, 0.29) is 5.91 Å². The lowest BCUT2D eigenvalue weighted by Crippen LogP contribution is -2.13. The minimum absolute atomic E-state index is 0.171. The Morgan fingerprint density at radius 2 is 1.73 bits per heavy atom. The summed E-state index contributed by atoms with van der Waals surface area (Å²) in [7, 11) is 0. The molecule has 0 unspecified atom stereocenters. The van der Waals surface area contributed by atoms with Crippen LogP contribution in [0.15, 0.2) is 94.1 Å². The lowest BCUT2D eigenvalue weighted by Gasteiger charge is -2.10. The molecular formula is C24H17N3O3. The Balaban J connectivity index is 1.37. The molecule has 0 bridgehead atoms. The molecule has 6 heteroatoms. The minimum Gasteiger partial charge on any atom is -0.461 e. The fourth-order valence-corrected chi connectivity index (χ4v) is 3.32. The number of benzene rings is 3. The van der Waals surface area contributed by atoms with Crippen molar-refractivity contribution in [1.29, 1.82) is 0 Å². The number of rotatable bonds is 5. The van der Waals surface area contributed by atoms with Gasteiger partial charge in [-0.2, -0.15) is 4.98 Å². The van der Waals surface area contributed by atoms with Crippen LogP contribution in [0.5, 0.6) is 0 Å². The smallest absolute Gasteiger partial charge is 0.255 e. The number of para-hydroxylation sites is 1. The Labute approximate surface area is 172 Å². The van der Waals surface area contributed by atoms with Gasteiger partial charge < -0.3 is 14.3 Å². The molecule has 5 rings (SSSR count). The molecule has 2 heterocycles. The van der Waals surface area contributed by atoms with E-state index in [1.807, 2.05) is 66.7 Å². The standard InChI is InChI=1S/C24H17N3O3/c28-24(19-12-11-16-6-1-2-7-17(16)14-19)25-20-9-4-3-8-18(20)15-22-26-23(27-30-22)21-10-5-13-29-21/h1-14H,15H2,(H,25,28). The molecule has 6 nitrogen and oxygen atoms in total. The number of nitrogens with one attached hydrogen (secondary N) is 1. The van der Waals surface area contributed by atoms with Crippen molar-refractivity contribution in [3.05, 3.63) is 102 Å². The van der Waals surface area contributed by atoms with E-state index in [9.17, 15) is 4.79 Å². The van der Waals surface area contributed by atoms with Gasteiger partial charge in [0.05, 0.1) is 12.7 Å². The molecule has 146 valence electrons. The van der Waals surface area contributed by atoms with Crippen molar-refractivity contribution in [3.63, 3.8) is 0 Å². The number of fused-ring (bicyclic) bond motifs is 1. The first-order valence-electron chi connectivity index (χ1n) is 9.51. The van der Waals surface area contributed by atoms with Crippen molar-refractivity contribution in [2.24, 2.45) is 0 Å². The summed E-state index contributed by atoms with van der Waals surface area (Å²) in [4.78, 5) is 17.2. The average molecular weight is 395 g/mol. The number of anilines is 1. The van der Waals surface area contributed by atoms with Crippen molar-refractivity contribution in [1.82, 2.24) is 10.1 Å². The van der Waals surface area contributed by atoms with E-state index in [1.54, 1.807) is 18.4 Å². The number of aromatic nitrogens is 2. The van der Waals surface area contributed by atoms with Gasteiger partial charge in [-0.15, -0.1) is 0 Å². The molecular weight excluding hydrogens is 378 g/mol. The molecule has 0 aliphatic heterocycles. The fourth-order valence-electron chi connectivity index (χ4n) is 3.32. The Bertz CT molecular complexity index is 1320. The second kappa shape index (κ2) is 7.67. The van der Waals surface area contributed by atoms with E-state index in [2.05, 4.69) is 15.5 Å². The van der Waals surface area contributed by atoms with Crippen LogP contribution in [0, 0.1) is 0 Å². The molecule has 0 fully saturated rings. The van der Waals surface area contributed by atoms with Gasteiger partial charge in [-0.3, -0.25) is 4.79 Å². The van der Waals surface area contributed by atoms with Crippen LogP contribution in [0.25, 0.3) is 22.4 Å².